The van der Waals surface area contributed by atoms with Crippen molar-refractivity contribution in [2.45, 2.75) is 29.6 Å². The maximum atomic E-state index is 12.9. The van der Waals surface area contributed by atoms with Crippen molar-refractivity contribution in [3.63, 3.8) is 0 Å². The summed E-state index contributed by atoms with van der Waals surface area (Å²) in [5.41, 5.74) is 1.05. The van der Waals surface area contributed by atoms with Crippen molar-refractivity contribution >= 4 is 10.0 Å². The van der Waals surface area contributed by atoms with Gasteiger partial charge in [0, 0.05) is 12.0 Å². The Bertz CT molecular complexity index is 738. The van der Waals surface area contributed by atoms with Gasteiger partial charge in [-0.15, -0.1) is 0 Å². The predicted molar refractivity (Wildman–Crippen MR) is 83.6 cm³/mol. The average molecular weight is 319 g/mol. The van der Waals surface area contributed by atoms with E-state index in [9.17, 15) is 12.8 Å². The van der Waals surface area contributed by atoms with Crippen LogP contribution in [0.2, 0.25) is 0 Å². The molecule has 1 aliphatic carbocycles. The van der Waals surface area contributed by atoms with Crippen molar-refractivity contribution in [3.05, 3.63) is 66.0 Å². The van der Waals surface area contributed by atoms with E-state index in [-0.39, 0.29) is 10.3 Å². The molecule has 0 aliphatic heterocycles. The summed E-state index contributed by atoms with van der Waals surface area (Å²) in [6, 6.07) is 14.9. The first-order chi connectivity index (χ1) is 10.5. The molecule has 3 nitrogen and oxygen atoms in total. The van der Waals surface area contributed by atoms with E-state index in [2.05, 4.69) is 4.72 Å². The summed E-state index contributed by atoms with van der Waals surface area (Å²) in [6.45, 7) is 0.372. The number of nitrogens with one attached hydrogen (secondary N) is 1. The molecule has 1 aliphatic rings. The minimum atomic E-state index is -3.61. The Kier molecular flexibility index (Phi) is 4.02. The number of benzene rings is 2. The fourth-order valence-electron chi connectivity index (χ4n) is 2.89. The van der Waals surface area contributed by atoms with Crippen LogP contribution in [0.3, 0.4) is 0 Å². The van der Waals surface area contributed by atoms with Gasteiger partial charge >= 0.3 is 0 Å². The van der Waals surface area contributed by atoms with E-state index in [0.717, 1.165) is 31.4 Å². The molecular formula is C17H18FNO2S. The zero-order valence-electron chi connectivity index (χ0n) is 12.1. The molecule has 0 heterocycles. The van der Waals surface area contributed by atoms with Crippen molar-refractivity contribution in [2.75, 3.05) is 6.54 Å². The molecule has 2 aromatic rings. The van der Waals surface area contributed by atoms with Gasteiger partial charge in [0.2, 0.25) is 10.0 Å². The average Bonchev–Trinajstić information content (AvgIpc) is 2.47. The molecule has 1 N–H and O–H groups in total. The van der Waals surface area contributed by atoms with Crippen LogP contribution in [0.4, 0.5) is 4.39 Å². The third kappa shape index (κ3) is 2.91. The number of rotatable bonds is 5. The van der Waals surface area contributed by atoms with Gasteiger partial charge in [0.15, 0.2) is 0 Å². The van der Waals surface area contributed by atoms with Crippen LogP contribution in [0.1, 0.15) is 24.8 Å². The predicted octanol–water partition coefficient (Wildman–Crippen LogP) is 3.23. The van der Waals surface area contributed by atoms with Gasteiger partial charge in [-0.3, -0.25) is 0 Å². The molecule has 2 aromatic carbocycles. The maximum Gasteiger partial charge on any atom is 0.240 e. The number of halogens is 1. The largest absolute Gasteiger partial charge is 0.240 e. The van der Waals surface area contributed by atoms with Gasteiger partial charge in [-0.2, -0.15) is 0 Å². The third-order valence-corrected chi connectivity index (χ3v) is 5.84. The highest BCUT2D eigenvalue weighted by Gasteiger charge is 2.39. The summed E-state index contributed by atoms with van der Waals surface area (Å²) in [5.74, 6) is -0.446. The molecule has 22 heavy (non-hydrogen) atoms. The number of sulfonamides is 1. The molecule has 3 rings (SSSR count). The second-order valence-electron chi connectivity index (χ2n) is 5.78. The van der Waals surface area contributed by atoms with Crippen molar-refractivity contribution in [1.29, 1.82) is 0 Å². The van der Waals surface area contributed by atoms with Crippen molar-refractivity contribution in [2.24, 2.45) is 0 Å². The summed E-state index contributed by atoms with van der Waals surface area (Å²) in [5, 5.41) is 0. The van der Waals surface area contributed by atoms with E-state index in [1.165, 1.54) is 17.7 Å². The van der Waals surface area contributed by atoms with Crippen LogP contribution in [-0.4, -0.2) is 15.0 Å². The van der Waals surface area contributed by atoms with E-state index in [4.69, 9.17) is 0 Å². The smallest absolute Gasteiger partial charge is 0.210 e. The summed E-state index contributed by atoms with van der Waals surface area (Å²) >= 11 is 0. The van der Waals surface area contributed by atoms with Gasteiger partial charge in [0.05, 0.1) is 4.90 Å². The lowest BCUT2D eigenvalue weighted by Gasteiger charge is -2.42. The molecule has 0 aromatic heterocycles. The lowest BCUT2D eigenvalue weighted by Crippen LogP contribution is -2.45. The van der Waals surface area contributed by atoms with E-state index in [1.54, 1.807) is 0 Å². The Morgan fingerprint density at radius 3 is 2.18 bits per heavy atom. The summed E-state index contributed by atoms with van der Waals surface area (Å²) in [4.78, 5) is 0.0939. The van der Waals surface area contributed by atoms with Gasteiger partial charge in [0.1, 0.15) is 5.82 Å². The molecule has 0 radical (unpaired) electrons. The lowest BCUT2D eigenvalue weighted by atomic mass is 9.64. The second-order valence-corrected chi connectivity index (χ2v) is 7.55. The molecule has 1 fully saturated rings. The van der Waals surface area contributed by atoms with Crippen molar-refractivity contribution in [1.82, 2.24) is 4.72 Å². The first-order valence-corrected chi connectivity index (χ1v) is 8.81. The van der Waals surface area contributed by atoms with Crippen LogP contribution in [0.25, 0.3) is 0 Å². The first kappa shape index (κ1) is 15.2. The van der Waals surface area contributed by atoms with Crippen molar-refractivity contribution in [3.8, 4) is 0 Å². The fraction of sp³-hybridized carbons (Fsp3) is 0.294. The molecule has 0 atom stereocenters. The Balaban J connectivity index is 1.77. The Labute approximate surface area is 130 Å². The second kappa shape index (κ2) is 5.82. The van der Waals surface area contributed by atoms with Crippen LogP contribution in [0.15, 0.2) is 59.5 Å². The first-order valence-electron chi connectivity index (χ1n) is 7.33. The van der Waals surface area contributed by atoms with Gasteiger partial charge < -0.3 is 0 Å². The van der Waals surface area contributed by atoms with Gasteiger partial charge in [-0.1, -0.05) is 36.8 Å². The number of hydrogen-bond donors (Lipinski definition) is 1. The van der Waals surface area contributed by atoms with E-state index >= 15 is 0 Å². The van der Waals surface area contributed by atoms with Crippen LogP contribution < -0.4 is 4.72 Å². The minimum Gasteiger partial charge on any atom is -0.210 e. The lowest BCUT2D eigenvalue weighted by molar-refractivity contribution is 0.245. The third-order valence-electron chi connectivity index (χ3n) is 4.42. The molecule has 0 bridgehead atoms. The Morgan fingerprint density at radius 2 is 1.64 bits per heavy atom. The summed E-state index contributed by atoms with van der Waals surface area (Å²) < 4.78 is 40.3. The zero-order valence-corrected chi connectivity index (χ0v) is 12.9. The fourth-order valence-corrected chi connectivity index (χ4v) is 4.02. The molecule has 0 amide bonds. The van der Waals surface area contributed by atoms with Gasteiger partial charge in [0.25, 0.3) is 0 Å². The van der Waals surface area contributed by atoms with E-state index in [1.807, 2.05) is 30.3 Å². The molecular weight excluding hydrogens is 301 g/mol. The van der Waals surface area contributed by atoms with Crippen LogP contribution in [0.5, 0.6) is 0 Å². The monoisotopic (exact) mass is 319 g/mol. The molecule has 1 saturated carbocycles. The highest BCUT2D eigenvalue weighted by molar-refractivity contribution is 7.89. The summed E-state index contributed by atoms with van der Waals surface area (Å²) in [6.07, 6.45) is 3.05. The highest BCUT2D eigenvalue weighted by atomic mass is 32.2. The molecule has 0 spiro atoms. The molecule has 116 valence electrons. The maximum absolute atomic E-state index is 12.9. The van der Waals surface area contributed by atoms with Gasteiger partial charge in [-0.25, -0.2) is 17.5 Å². The molecule has 0 unspecified atom stereocenters. The minimum absolute atomic E-state index is 0.0939. The SMILES string of the molecule is O=S(=O)(NCC1(c2ccccc2)CCC1)c1ccc(F)cc1. The number of hydrogen-bond acceptors (Lipinski definition) is 2. The van der Waals surface area contributed by atoms with Crippen LogP contribution in [0, 0.1) is 5.82 Å². The van der Waals surface area contributed by atoms with Gasteiger partial charge in [-0.05, 0) is 42.7 Å². The molecule has 5 heteroatoms. The van der Waals surface area contributed by atoms with Crippen LogP contribution in [-0.2, 0) is 15.4 Å². The van der Waals surface area contributed by atoms with Crippen LogP contribution >= 0.6 is 0 Å². The Hall–Kier alpha value is -1.72. The standard InChI is InChI=1S/C17H18FNO2S/c18-15-7-9-16(10-8-15)22(20,21)19-13-17(11-4-12-17)14-5-2-1-3-6-14/h1-3,5-10,19H,4,11-13H2. The highest BCUT2D eigenvalue weighted by Crippen LogP contribution is 2.43. The normalized spacial score (nSPS) is 17.0. The van der Waals surface area contributed by atoms with Crippen molar-refractivity contribution < 1.29 is 12.8 Å². The van der Waals surface area contributed by atoms with E-state index < -0.39 is 15.8 Å². The topological polar surface area (TPSA) is 46.2 Å². The summed E-state index contributed by atoms with van der Waals surface area (Å²) in [7, 11) is -3.61. The molecule has 0 saturated heterocycles. The zero-order chi connectivity index (χ0) is 15.6. The quantitative estimate of drug-likeness (QED) is 0.920. The van der Waals surface area contributed by atoms with E-state index in [0.29, 0.717) is 6.54 Å². The Morgan fingerprint density at radius 1 is 1.00 bits per heavy atom.